The summed E-state index contributed by atoms with van der Waals surface area (Å²) in [5.74, 6) is 1.57. The van der Waals surface area contributed by atoms with E-state index in [0.29, 0.717) is 17.8 Å². The SMILES string of the molecule is C[C@]12CC[C@H](O)C[C@H]1CC[C@@H]1[C@@H]2CC[C@]2(C)[C@@H](C=O)CC[C@]12O. The normalized spacial score (nSPS) is 58.9. The van der Waals surface area contributed by atoms with Gasteiger partial charge in [0.15, 0.2) is 0 Å². The van der Waals surface area contributed by atoms with Crippen molar-refractivity contribution in [3.8, 4) is 0 Å². The molecule has 23 heavy (non-hydrogen) atoms. The summed E-state index contributed by atoms with van der Waals surface area (Å²) < 4.78 is 0. The minimum Gasteiger partial charge on any atom is -0.393 e. The fourth-order valence-electron chi connectivity index (χ4n) is 7.46. The second kappa shape index (κ2) is 5.05. The lowest BCUT2D eigenvalue weighted by Crippen LogP contribution is -2.62. The largest absolute Gasteiger partial charge is 0.393 e. The van der Waals surface area contributed by atoms with E-state index in [4.69, 9.17) is 0 Å². The first-order valence-corrected chi connectivity index (χ1v) is 9.71. The van der Waals surface area contributed by atoms with Crippen LogP contribution in [0.2, 0.25) is 0 Å². The molecule has 8 atom stereocenters. The van der Waals surface area contributed by atoms with Gasteiger partial charge in [-0.2, -0.15) is 0 Å². The van der Waals surface area contributed by atoms with E-state index >= 15 is 0 Å². The van der Waals surface area contributed by atoms with Gasteiger partial charge >= 0.3 is 0 Å². The summed E-state index contributed by atoms with van der Waals surface area (Å²) >= 11 is 0. The summed E-state index contributed by atoms with van der Waals surface area (Å²) in [6.07, 6.45) is 9.98. The number of aldehydes is 1. The number of aliphatic hydroxyl groups excluding tert-OH is 1. The van der Waals surface area contributed by atoms with Gasteiger partial charge in [0.25, 0.3) is 0 Å². The molecule has 130 valence electrons. The molecular formula is C20H32O3. The molecule has 4 aliphatic rings. The zero-order valence-corrected chi connectivity index (χ0v) is 14.6. The molecule has 0 radical (unpaired) electrons. The maximum atomic E-state index is 11.7. The third-order valence-corrected chi connectivity index (χ3v) is 9.06. The summed E-state index contributed by atoms with van der Waals surface area (Å²) in [6.45, 7) is 4.60. The van der Waals surface area contributed by atoms with E-state index in [2.05, 4.69) is 13.8 Å². The maximum Gasteiger partial charge on any atom is 0.123 e. The highest BCUT2D eigenvalue weighted by atomic mass is 16.3. The van der Waals surface area contributed by atoms with E-state index in [-0.39, 0.29) is 22.9 Å². The first-order valence-electron chi connectivity index (χ1n) is 9.71. The maximum absolute atomic E-state index is 11.7. The number of carbonyl (C=O) groups excluding carboxylic acids is 1. The Morgan fingerprint density at radius 2 is 1.74 bits per heavy atom. The van der Waals surface area contributed by atoms with Crippen molar-refractivity contribution in [1.82, 2.24) is 0 Å². The molecule has 4 fully saturated rings. The number of carbonyl (C=O) groups is 1. The highest BCUT2D eigenvalue weighted by Crippen LogP contribution is 2.68. The van der Waals surface area contributed by atoms with Gasteiger partial charge < -0.3 is 15.0 Å². The molecular weight excluding hydrogens is 288 g/mol. The lowest BCUT2D eigenvalue weighted by Gasteiger charge is -2.63. The molecule has 3 heteroatoms. The summed E-state index contributed by atoms with van der Waals surface area (Å²) in [7, 11) is 0. The van der Waals surface area contributed by atoms with Crippen LogP contribution in [0.1, 0.15) is 71.6 Å². The predicted molar refractivity (Wildman–Crippen MR) is 88.7 cm³/mol. The molecule has 4 rings (SSSR count). The molecule has 0 aromatic rings. The Hall–Kier alpha value is -0.410. The van der Waals surface area contributed by atoms with Gasteiger partial charge in [-0.1, -0.05) is 13.8 Å². The number of fused-ring (bicyclic) bond motifs is 5. The van der Waals surface area contributed by atoms with Gasteiger partial charge in [0.1, 0.15) is 6.29 Å². The molecule has 4 aliphatic carbocycles. The van der Waals surface area contributed by atoms with Gasteiger partial charge in [0.2, 0.25) is 0 Å². The van der Waals surface area contributed by atoms with Crippen LogP contribution in [0, 0.1) is 34.5 Å². The van der Waals surface area contributed by atoms with Crippen molar-refractivity contribution in [2.24, 2.45) is 34.5 Å². The smallest absolute Gasteiger partial charge is 0.123 e. The molecule has 0 aromatic carbocycles. The number of rotatable bonds is 1. The van der Waals surface area contributed by atoms with Crippen molar-refractivity contribution >= 4 is 6.29 Å². The fourth-order valence-corrected chi connectivity index (χ4v) is 7.46. The molecule has 2 N–H and O–H groups in total. The highest BCUT2D eigenvalue weighted by molar-refractivity contribution is 5.57. The third kappa shape index (κ3) is 1.93. The Kier molecular flexibility index (Phi) is 3.53. The van der Waals surface area contributed by atoms with Crippen molar-refractivity contribution in [3.63, 3.8) is 0 Å². The van der Waals surface area contributed by atoms with E-state index in [9.17, 15) is 15.0 Å². The second-order valence-corrected chi connectivity index (χ2v) is 9.58. The Bertz CT molecular complexity index is 505. The zero-order chi connectivity index (χ0) is 16.5. The van der Waals surface area contributed by atoms with Gasteiger partial charge in [0, 0.05) is 11.3 Å². The first kappa shape index (κ1) is 16.1. The summed E-state index contributed by atoms with van der Waals surface area (Å²) in [5, 5.41) is 21.8. The van der Waals surface area contributed by atoms with Crippen LogP contribution in [-0.2, 0) is 4.79 Å². The standard InChI is InChI=1S/C20H32O3/c1-18-8-6-15(22)11-13(18)3-4-17-16(18)7-9-19(2)14(12-21)5-10-20(17,19)23/h12-17,22-23H,3-11H2,1-2H3/t13-,14-,15+,16+,17-,18+,19-,20+/m1/s1. The average molecular weight is 320 g/mol. The van der Waals surface area contributed by atoms with Crippen LogP contribution in [0.4, 0.5) is 0 Å². The monoisotopic (exact) mass is 320 g/mol. The van der Waals surface area contributed by atoms with Crippen LogP contribution < -0.4 is 0 Å². The number of hydrogen-bond donors (Lipinski definition) is 2. The Balaban J connectivity index is 1.68. The van der Waals surface area contributed by atoms with Crippen LogP contribution in [-0.4, -0.2) is 28.2 Å². The molecule has 0 unspecified atom stereocenters. The van der Waals surface area contributed by atoms with Crippen molar-refractivity contribution in [2.45, 2.75) is 83.3 Å². The molecule has 0 spiro atoms. The van der Waals surface area contributed by atoms with Crippen LogP contribution in [0.3, 0.4) is 0 Å². The van der Waals surface area contributed by atoms with Gasteiger partial charge in [-0.05, 0) is 81.0 Å². The summed E-state index contributed by atoms with van der Waals surface area (Å²) in [5.41, 5.74) is -0.586. The van der Waals surface area contributed by atoms with E-state index in [1.807, 2.05) is 0 Å². The molecule has 4 saturated carbocycles. The van der Waals surface area contributed by atoms with Gasteiger partial charge in [0.05, 0.1) is 11.7 Å². The van der Waals surface area contributed by atoms with Crippen molar-refractivity contribution in [1.29, 1.82) is 0 Å². The topological polar surface area (TPSA) is 57.5 Å². The van der Waals surface area contributed by atoms with E-state index in [1.54, 1.807) is 0 Å². The van der Waals surface area contributed by atoms with Crippen LogP contribution in [0.25, 0.3) is 0 Å². The third-order valence-electron chi connectivity index (χ3n) is 9.06. The Morgan fingerprint density at radius 3 is 2.48 bits per heavy atom. The first-order chi connectivity index (χ1) is 10.8. The molecule has 0 saturated heterocycles. The van der Waals surface area contributed by atoms with Crippen LogP contribution >= 0.6 is 0 Å². The van der Waals surface area contributed by atoms with Gasteiger partial charge in [-0.15, -0.1) is 0 Å². The summed E-state index contributed by atoms with van der Waals surface area (Å²) in [4.78, 5) is 11.6. The van der Waals surface area contributed by atoms with Gasteiger partial charge in [-0.3, -0.25) is 0 Å². The second-order valence-electron chi connectivity index (χ2n) is 9.58. The van der Waals surface area contributed by atoms with Crippen molar-refractivity contribution in [2.75, 3.05) is 0 Å². The predicted octanol–water partition coefficient (Wildman–Crippen LogP) is 3.32. The molecule has 3 nitrogen and oxygen atoms in total. The molecule has 0 heterocycles. The molecule has 0 amide bonds. The Labute approximate surface area is 139 Å². The lowest BCUT2D eigenvalue weighted by molar-refractivity contribution is -0.208. The molecule has 0 aliphatic heterocycles. The zero-order valence-electron chi connectivity index (χ0n) is 14.6. The number of hydrogen-bond acceptors (Lipinski definition) is 3. The van der Waals surface area contributed by atoms with Crippen molar-refractivity contribution in [3.05, 3.63) is 0 Å². The van der Waals surface area contributed by atoms with E-state index in [0.717, 1.165) is 64.1 Å². The van der Waals surface area contributed by atoms with Gasteiger partial charge in [-0.25, -0.2) is 0 Å². The van der Waals surface area contributed by atoms with E-state index in [1.165, 1.54) is 0 Å². The van der Waals surface area contributed by atoms with Crippen molar-refractivity contribution < 1.29 is 15.0 Å². The summed E-state index contributed by atoms with van der Waals surface area (Å²) in [6, 6.07) is 0. The molecule has 0 aromatic heterocycles. The van der Waals surface area contributed by atoms with Crippen LogP contribution in [0.5, 0.6) is 0 Å². The average Bonchev–Trinajstić information content (AvgIpc) is 2.79. The highest BCUT2D eigenvalue weighted by Gasteiger charge is 2.67. The minimum absolute atomic E-state index is 0.0344. The quantitative estimate of drug-likeness (QED) is 0.729. The number of aliphatic hydroxyl groups is 2. The lowest BCUT2D eigenvalue weighted by atomic mass is 9.43. The van der Waals surface area contributed by atoms with E-state index < -0.39 is 5.60 Å². The fraction of sp³-hybridized carbons (Fsp3) is 0.950. The minimum atomic E-state index is -0.647. The van der Waals surface area contributed by atoms with Crippen LogP contribution in [0.15, 0.2) is 0 Å². The molecule has 0 bridgehead atoms. The Morgan fingerprint density at radius 1 is 0.957 bits per heavy atom.